The maximum Gasteiger partial charge on any atom is 0.229 e. The lowest BCUT2D eigenvalue weighted by atomic mass is 10.1. The fourth-order valence-corrected chi connectivity index (χ4v) is 2.25. The van der Waals surface area contributed by atoms with E-state index in [2.05, 4.69) is 15.3 Å². The molecule has 1 unspecified atom stereocenters. The fourth-order valence-electron chi connectivity index (χ4n) is 2.12. The molecule has 0 N–H and O–H groups in total. The zero-order valence-electron chi connectivity index (χ0n) is 11.6. The minimum atomic E-state index is -0.801. The van der Waals surface area contributed by atoms with Gasteiger partial charge in [-0.3, -0.25) is 4.98 Å². The largest absolute Gasteiger partial charge is 0.347 e. The number of benzene rings is 1. The monoisotopic (exact) mass is 318 g/mol. The molecule has 22 heavy (non-hydrogen) atoms. The molecule has 7 heteroatoms. The van der Waals surface area contributed by atoms with Crippen LogP contribution in [-0.4, -0.2) is 27.1 Å². The number of aromatic nitrogens is 4. The number of ether oxygens (including phenoxy) is 1. The highest BCUT2D eigenvalue weighted by Gasteiger charge is 2.20. The van der Waals surface area contributed by atoms with Crippen LogP contribution >= 0.6 is 11.6 Å². The Morgan fingerprint density at radius 2 is 1.77 bits per heavy atom. The summed E-state index contributed by atoms with van der Waals surface area (Å²) in [5, 5.41) is 8.22. The smallest absolute Gasteiger partial charge is 0.229 e. The lowest BCUT2D eigenvalue weighted by Crippen LogP contribution is -2.08. The van der Waals surface area contributed by atoms with E-state index < -0.39 is 5.69 Å². The number of rotatable bonds is 4. The Labute approximate surface area is 131 Å². The van der Waals surface area contributed by atoms with Gasteiger partial charge in [0, 0.05) is 30.6 Å². The van der Waals surface area contributed by atoms with Crippen molar-refractivity contribution in [1.29, 1.82) is 0 Å². The van der Waals surface area contributed by atoms with Gasteiger partial charge in [-0.25, -0.2) is 9.07 Å². The number of halogens is 2. The van der Waals surface area contributed by atoms with Crippen LogP contribution in [0.4, 0.5) is 4.39 Å². The molecule has 3 rings (SSSR count). The molecule has 1 atom stereocenters. The van der Waals surface area contributed by atoms with Crippen molar-refractivity contribution in [3.63, 3.8) is 0 Å². The standard InChI is InChI=1S/C15H12ClFN4O/c1-22-15(16)21-14(11-6-8-18-9-7-11)13(19-20-21)10-2-4-12(17)5-3-10/h2-9,15H,1H3. The van der Waals surface area contributed by atoms with Crippen molar-refractivity contribution < 1.29 is 9.13 Å². The van der Waals surface area contributed by atoms with Crippen LogP contribution < -0.4 is 0 Å². The van der Waals surface area contributed by atoms with Crippen LogP contribution in [0.5, 0.6) is 0 Å². The molecular formula is C15H12ClFN4O. The first kappa shape index (κ1) is 14.6. The van der Waals surface area contributed by atoms with Gasteiger partial charge in [0.1, 0.15) is 17.2 Å². The average molecular weight is 319 g/mol. The van der Waals surface area contributed by atoms with E-state index in [1.54, 1.807) is 24.5 Å². The van der Waals surface area contributed by atoms with Crippen molar-refractivity contribution >= 4 is 11.6 Å². The molecule has 0 bridgehead atoms. The number of hydrogen-bond acceptors (Lipinski definition) is 4. The summed E-state index contributed by atoms with van der Waals surface area (Å²) in [5.74, 6) is -0.311. The molecule has 0 saturated heterocycles. The topological polar surface area (TPSA) is 52.8 Å². The minimum absolute atomic E-state index is 0.311. The van der Waals surface area contributed by atoms with Crippen LogP contribution in [0.25, 0.3) is 22.5 Å². The summed E-state index contributed by atoms with van der Waals surface area (Å²) in [7, 11) is 1.48. The van der Waals surface area contributed by atoms with Crippen LogP contribution in [0, 0.1) is 5.82 Å². The molecule has 2 aromatic heterocycles. The van der Waals surface area contributed by atoms with Crippen molar-refractivity contribution in [3.8, 4) is 22.5 Å². The molecule has 0 spiro atoms. The molecule has 3 aromatic rings. The Balaban J connectivity index is 2.19. The Bertz CT molecular complexity index is 761. The van der Waals surface area contributed by atoms with Gasteiger partial charge in [0.15, 0.2) is 0 Å². The van der Waals surface area contributed by atoms with Gasteiger partial charge in [-0.2, -0.15) is 0 Å². The van der Waals surface area contributed by atoms with Crippen LogP contribution in [0.2, 0.25) is 0 Å². The second kappa shape index (κ2) is 6.21. The maximum absolute atomic E-state index is 13.1. The second-order valence-electron chi connectivity index (χ2n) is 4.50. The third-order valence-electron chi connectivity index (χ3n) is 3.15. The van der Waals surface area contributed by atoms with E-state index in [-0.39, 0.29) is 5.82 Å². The minimum Gasteiger partial charge on any atom is -0.347 e. The molecule has 5 nitrogen and oxygen atoms in total. The highest BCUT2D eigenvalue weighted by atomic mass is 35.5. The van der Waals surface area contributed by atoms with Gasteiger partial charge in [0.2, 0.25) is 5.69 Å². The highest BCUT2D eigenvalue weighted by Crippen LogP contribution is 2.32. The first-order valence-corrected chi connectivity index (χ1v) is 6.92. The SMILES string of the molecule is COC(Cl)n1nnc(-c2ccc(F)cc2)c1-c1ccncc1. The molecule has 0 radical (unpaired) electrons. The molecule has 0 amide bonds. The fraction of sp³-hybridized carbons (Fsp3) is 0.133. The first-order valence-electron chi connectivity index (χ1n) is 6.49. The number of hydrogen-bond donors (Lipinski definition) is 0. The summed E-state index contributed by atoms with van der Waals surface area (Å²) in [5.41, 5.74) is 2.04. The average Bonchev–Trinajstić information content (AvgIpc) is 3.00. The van der Waals surface area contributed by atoms with Crippen molar-refractivity contribution in [2.24, 2.45) is 0 Å². The van der Waals surface area contributed by atoms with Gasteiger partial charge in [0.25, 0.3) is 0 Å². The Morgan fingerprint density at radius 3 is 2.41 bits per heavy atom. The van der Waals surface area contributed by atoms with E-state index in [9.17, 15) is 4.39 Å². The lowest BCUT2D eigenvalue weighted by molar-refractivity contribution is 0.104. The molecule has 0 aliphatic heterocycles. The summed E-state index contributed by atoms with van der Waals surface area (Å²) >= 11 is 6.13. The number of pyridine rings is 1. The quantitative estimate of drug-likeness (QED) is 0.691. The van der Waals surface area contributed by atoms with E-state index in [1.807, 2.05) is 12.1 Å². The summed E-state index contributed by atoms with van der Waals surface area (Å²) in [6.07, 6.45) is 3.33. The van der Waals surface area contributed by atoms with Gasteiger partial charge in [-0.15, -0.1) is 5.10 Å². The molecule has 0 aliphatic rings. The predicted octanol–water partition coefficient (Wildman–Crippen LogP) is 3.49. The third-order valence-corrected chi connectivity index (χ3v) is 3.52. The number of methoxy groups -OCH3 is 1. The molecule has 1 aromatic carbocycles. The Kier molecular flexibility index (Phi) is 4.13. The van der Waals surface area contributed by atoms with E-state index in [4.69, 9.17) is 16.3 Å². The van der Waals surface area contributed by atoms with Crippen LogP contribution in [0.15, 0.2) is 48.8 Å². The van der Waals surface area contributed by atoms with E-state index in [1.165, 1.54) is 23.9 Å². The molecule has 0 saturated carbocycles. The predicted molar refractivity (Wildman–Crippen MR) is 80.5 cm³/mol. The van der Waals surface area contributed by atoms with E-state index in [0.29, 0.717) is 11.4 Å². The normalized spacial score (nSPS) is 12.3. The Hall–Kier alpha value is -2.31. The summed E-state index contributed by atoms with van der Waals surface area (Å²) < 4.78 is 19.7. The second-order valence-corrected chi connectivity index (χ2v) is 4.88. The molecule has 2 heterocycles. The van der Waals surface area contributed by atoms with E-state index >= 15 is 0 Å². The number of nitrogens with zero attached hydrogens (tertiary/aromatic N) is 4. The summed E-state index contributed by atoms with van der Waals surface area (Å²) in [6, 6.07) is 9.68. The molecule has 0 aliphatic carbocycles. The van der Waals surface area contributed by atoms with Crippen molar-refractivity contribution in [1.82, 2.24) is 20.0 Å². The lowest BCUT2D eigenvalue weighted by Gasteiger charge is -2.12. The summed E-state index contributed by atoms with van der Waals surface area (Å²) in [4.78, 5) is 4.00. The van der Waals surface area contributed by atoms with Crippen molar-refractivity contribution in [2.75, 3.05) is 7.11 Å². The third kappa shape index (κ3) is 2.70. The van der Waals surface area contributed by atoms with Gasteiger partial charge in [0.05, 0.1) is 0 Å². The summed E-state index contributed by atoms with van der Waals surface area (Å²) in [6.45, 7) is 0. The van der Waals surface area contributed by atoms with Crippen LogP contribution in [-0.2, 0) is 4.74 Å². The molecular weight excluding hydrogens is 307 g/mol. The zero-order valence-corrected chi connectivity index (χ0v) is 12.4. The van der Waals surface area contributed by atoms with Crippen molar-refractivity contribution in [3.05, 3.63) is 54.6 Å². The van der Waals surface area contributed by atoms with Gasteiger partial charge >= 0.3 is 0 Å². The van der Waals surface area contributed by atoms with Gasteiger partial charge in [-0.05, 0) is 36.4 Å². The maximum atomic E-state index is 13.1. The number of alkyl halides is 1. The first-order chi connectivity index (χ1) is 10.7. The molecule has 112 valence electrons. The molecule has 0 fully saturated rings. The van der Waals surface area contributed by atoms with E-state index in [0.717, 1.165) is 11.1 Å². The van der Waals surface area contributed by atoms with Crippen LogP contribution in [0.3, 0.4) is 0 Å². The van der Waals surface area contributed by atoms with Crippen molar-refractivity contribution in [2.45, 2.75) is 5.69 Å². The zero-order chi connectivity index (χ0) is 15.5. The van der Waals surface area contributed by atoms with Gasteiger partial charge < -0.3 is 4.74 Å². The van der Waals surface area contributed by atoms with Crippen LogP contribution in [0.1, 0.15) is 5.69 Å². The van der Waals surface area contributed by atoms with Gasteiger partial charge in [-0.1, -0.05) is 16.8 Å². The highest BCUT2D eigenvalue weighted by molar-refractivity contribution is 6.18. The Morgan fingerprint density at radius 1 is 1.09 bits per heavy atom.